The molecule has 0 unspecified atom stereocenters. The Bertz CT molecular complexity index is 1010. The molecular weight excluding hydrogens is 410 g/mol. The van der Waals surface area contributed by atoms with Gasteiger partial charge in [-0.2, -0.15) is 0 Å². The molecule has 2 N–H and O–H groups in total. The van der Waals surface area contributed by atoms with Crippen molar-refractivity contribution >= 4 is 28.8 Å². The summed E-state index contributed by atoms with van der Waals surface area (Å²) in [5.41, 5.74) is 2.93. The molecule has 0 atom stereocenters. The zero-order valence-corrected chi connectivity index (χ0v) is 18.7. The van der Waals surface area contributed by atoms with E-state index in [9.17, 15) is 0 Å². The largest absolute Gasteiger partial charge is 0.491 e. The monoisotopic (exact) mass is 437 g/mol. The van der Waals surface area contributed by atoms with Gasteiger partial charge in [0.05, 0.1) is 18.5 Å². The van der Waals surface area contributed by atoms with Crippen LogP contribution in [-0.2, 0) is 0 Å². The van der Waals surface area contributed by atoms with Gasteiger partial charge in [0.15, 0.2) is 11.6 Å². The molecule has 1 fully saturated rings. The first-order valence-electron chi connectivity index (χ1n) is 10.7. The first-order valence-corrected chi connectivity index (χ1v) is 11.1. The number of anilines is 3. The van der Waals surface area contributed by atoms with Crippen molar-refractivity contribution in [1.29, 1.82) is 0 Å². The van der Waals surface area contributed by atoms with Crippen LogP contribution in [0.5, 0.6) is 5.75 Å². The molecule has 0 spiro atoms. The van der Waals surface area contributed by atoms with Crippen LogP contribution in [0.4, 0.5) is 17.2 Å². The van der Waals surface area contributed by atoms with E-state index in [1.165, 1.54) is 0 Å². The third-order valence-corrected chi connectivity index (χ3v) is 5.33. The van der Waals surface area contributed by atoms with E-state index in [1.807, 2.05) is 36.4 Å². The van der Waals surface area contributed by atoms with Gasteiger partial charge in [-0.05, 0) is 18.1 Å². The van der Waals surface area contributed by atoms with Crippen molar-refractivity contribution in [2.45, 2.75) is 13.8 Å². The Morgan fingerprint density at radius 3 is 2.65 bits per heavy atom. The van der Waals surface area contributed by atoms with Gasteiger partial charge in [-0.1, -0.05) is 55.8 Å². The fraction of sp³-hybridized carbons (Fsp3) is 0.333. The Labute approximate surface area is 188 Å². The Kier molecular flexibility index (Phi) is 6.89. The molecule has 4 rings (SSSR count). The van der Waals surface area contributed by atoms with Crippen LogP contribution in [0.15, 0.2) is 54.7 Å². The normalized spacial score (nSPS) is 14.0. The fourth-order valence-corrected chi connectivity index (χ4v) is 3.56. The predicted molar refractivity (Wildman–Crippen MR) is 128 cm³/mol. The van der Waals surface area contributed by atoms with E-state index in [2.05, 4.69) is 51.5 Å². The zero-order chi connectivity index (χ0) is 21.6. The predicted octanol–water partition coefficient (Wildman–Crippen LogP) is 4.99. The van der Waals surface area contributed by atoms with Crippen LogP contribution < -0.4 is 20.3 Å². The lowest BCUT2D eigenvalue weighted by Gasteiger charge is -2.30. The van der Waals surface area contributed by atoms with Crippen LogP contribution >= 0.6 is 11.6 Å². The second-order valence-electron chi connectivity index (χ2n) is 8.00. The van der Waals surface area contributed by atoms with Gasteiger partial charge in [-0.25, -0.2) is 9.97 Å². The Morgan fingerprint density at radius 1 is 1.13 bits per heavy atom. The topological polar surface area (TPSA) is 62.3 Å². The van der Waals surface area contributed by atoms with Crippen LogP contribution in [0.1, 0.15) is 13.8 Å². The van der Waals surface area contributed by atoms with Gasteiger partial charge in [-0.3, -0.25) is 0 Å². The van der Waals surface area contributed by atoms with Crippen molar-refractivity contribution in [3.63, 3.8) is 0 Å². The summed E-state index contributed by atoms with van der Waals surface area (Å²) in [6, 6.07) is 16.1. The standard InChI is InChI=1S/C24H28ClN5O/c1-17(2)16-31-22-14-19(30-12-10-26-11-13-30)8-9-21(22)28-24-20(25)15-27-23(29-24)18-6-4-3-5-7-18/h3-9,14-15,17,26H,10-13,16H2,1-2H3,(H,27,28,29). The number of piperazine rings is 1. The third kappa shape index (κ3) is 5.46. The maximum atomic E-state index is 6.42. The number of nitrogens with zero attached hydrogens (tertiary/aromatic N) is 3. The van der Waals surface area contributed by atoms with Gasteiger partial charge in [0, 0.05) is 43.5 Å². The van der Waals surface area contributed by atoms with Crippen molar-refractivity contribution in [2.75, 3.05) is 43.0 Å². The molecule has 6 nitrogen and oxygen atoms in total. The molecule has 31 heavy (non-hydrogen) atoms. The molecular formula is C24H28ClN5O. The molecule has 1 aliphatic heterocycles. The van der Waals surface area contributed by atoms with Gasteiger partial charge in [0.1, 0.15) is 10.8 Å². The lowest BCUT2D eigenvalue weighted by atomic mass is 10.2. The summed E-state index contributed by atoms with van der Waals surface area (Å²) in [6.45, 7) is 8.85. The number of benzene rings is 2. The van der Waals surface area contributed by atoms with Crippen molar-refractivity contribution in [3.05, 3.63) is 59.8 Å². The molecule has 1 aromatic heterocycles. The SMILES string of the molecule is CC(C)COc1cc(N2CCNCC2)ccc1Nc1nc(-c2ccccc2)ncc1Cl. The molecule has 0 bridgehead atoms. The van der Waals surface area contributed by atoms with Crippen LogP contribution in [0, 0.1) is 5.92 Å². The maximum absolute atomic E-state index is 6.42. The molecule has 2 aromatic carbocycles. The fourth-order valence-electron chi connectivity index (χ4n) is 3.42. The molecule has 7 heteroatoms. The highest BCUT2D eigenvalue weighted by atomic mass is 35.5. The summed E-state index contributed by atoms with van der Waals surface area (Å²) in [7, 11) is 0. The van der Waals surface area contributed by atoms with Gasteiger partial charge in [0.25, 0.3) is 0 Å². The first-order chi connectivity index (χ1) is 15.1. The summed E-state index contributed by atoms with van der Waals surface area (Å²) in [5.74, 6) is 2.39. The zero-order valence-electron chi connectivity index (χ0n) is 17.9. The number of halogens is 1. The smallest absolute Gasteiger partial charge is 0.161 e. The molecule has 0 amide bonds. The van der Waals surface area contributed by atoms with E-state index < -0.39 is 0 Å². The molecule has 0 aliphatic carbocycles. The van der Waals surface area contributed by atoms with Crippen molar-refractivity contribution in [3.8, 4) is 17.1 Å². The molecule has 162 valence electrons. The minimum Gasteiger partial charge on any atom is -0.491 e. The second-order valence-corrected chi connectivity index (χ2v) is 8.41. The molecule has 2 heterocycles. The molecule has 1 saturated heterocycles. The molecule has 0 radical (unpaired) electrons. The Balaban J connectivity index is 1.63. The van der Waals surface area contributed by atoms with Crippen molar-refractivity contribution in [1.82, 2.24) is 15.3 Å². The lowest BCUT2D eigenvalue weighted by molar-refractivity contribution is 0.272. The Hall–Kier alpha value is -2.83. The van der Waals surface area contributed by atoms with Crippen LogP contribution in [-0.4, -0.2) is 42.8 Å². The second kappa shape index (κ2) is 9.98. The van der Waals surface area contributed by atoms with Gasteiger partial charge in [-0.15, -0.1) is 0 Å². The number of nitrogens with one attached hydrogen (secondary N) is 2. The molecule has 3 aromatic rings. The average Bonchev–Trinajstić information content (AvgIpc) is 2.81. The lowest BCUT2D eigenvalue weighted by Crippen LogP contribution is -2.43. The highest BCUT2D eigenvalue weighted by Crippen LogP contribution is 2.34. The van der Waals surface area contributed by atoms with Crippen LogP contribution in [0.3, 0.4) is 0 Å². The summed E-state index contributed by atoms with van der Waals surface area (Å²) in [5, 5.41) is 7.22. The quantitative estimate of drug-likeness (QED) is 0.543. The van der Waals surface area contributed by atoms with Crippen molar-refractivity contribution in [2.24, 2.45) is 5.92 Å². The minimum atomic E-state index is 0.419. The number of hydrogen-bond donors (Lipinski definition) is 2. The number of ether oxygens (including phenoxy) is 1. The van der Waals surface area contributed by atoms with E-state index in [0.29, 0.717) is 29.2 Å². The summed E-state index contributed by atoms with van der Waals surface area (Å²) in [4.78, 5) is 11.4. The minimum absolute atomic E-state index is 0.419. The summed E-state index contributed by atoms with van der Waals surface area (Å²) in [6.07, 6.45) is 1.63. The third-order valence-electron chi connectivity index (χ3n) is 5.05. The average molecular weight is 438 g/mol. The van der Waals surface area contributed by atoms with E-state index >= 15 is 0 Å². The van der Waals surface area contributed by atoms with Gasteiger partial charge in [0.2, 0.25) is 0 Å². The first kappa shape index (κ1) is 21.4. The van der Waals surface area contributed by atoms with E-state index in [1.54, 1.807) is 6.20 Å². The van der Waals surface area contributed by atoms with Crippen molar-refractivity contribution < 1.29 is 4.74 Å². The number of hydrogen-bond acceptors (Lipinski definition) is 6. The van der Waals surface area contributed by atoms with Crippen LogP contribution in [0.25, 0.3) is 11.4 Å². The van der Waals surface area contributed by atoms with Gasteiger partial charge >= 0.3 is 0 Å². The summed E-state index contributed by atoms with van der Waals surface area (Å²) >= 11 is 6.42. The van der Waals surface area contributed by atoms with Gasteiger partial charge < -0.3 is 20.3 Å². The highest BCUT2D eigenvalue weighted by molar-refractivity contribution is 6.32. The summed E-state index contributed by atoms with van der Waals surface area (Å²) < 4.78 is 6.17. The highest BCUT2D eigenvalue weighted by Gasteiger charge is 2.15. The maximum Gasteiger partial charge on any atom is 0.161 e. The molecule has 1 aliphatic rings. The molecule has 0 saturated carbocycles. The number of aromatic nitrogens is 2. The van der Waals surface area contributed by atoms with E-state index in [4.69, 9.17) is 16.3 Å². The van der Waals surface area contributed by atoms with E-state index in [-0.39, 0.29) is 0 Å². The van der Waals surface area contributed by atoms with E-state index in [0.717, 1.165) is 48.9 Å². The number of rotatable bonds is 7. The van der Waals surface area contributed by atoms with Crippen LogP contribution in [0.2, 0.25) is 5.02 Å². The Morgan fingerprint density at radius 2 is 1.90 bits per heavy atom.